The molecule has 0 fully saturated rings. The van der Waals surface area contributed by atoms with Gasteiger partial charge in [0.2, 0.25) is 0 Å². The Hall–Kier alpha value is -0.980. The molecule has 0 saturated carbocycles. The summed E-state index contributed by atoms with van der Waals surface area (Å²) in [6.07, 6.45) is -8.82. The maximum absolute atomic E-state index is 13.7. The lowest BCUT2D eigenvalue weighted by atomic mass is 10.0. The number of aliphatic hydroxyl groups is 2. The van der Waals surface area contributed by atoms with Crippen LogP contribution in [0.1, 0.15) is 12.8 Å². The normalized spacial score (nSPS) is 16.3. The molecule has 18 heteroatoms. The lowest BCUT2D eigenvalue weighted by molar-refractivity contribution is -0.891. The van der Waals surface area contributed by atoms with Gasteiger partial charge < -0.3 is 14.7 Å². The summed E-state index contributed by atoms with van der Waals surface area (Å²) in [5.74, 6) is -23.1. The lowest BCUT2D eigenvalue weighted by Crippen LogP contribution is -2.69. The van der Waals surface area contributed by atoms with Gasteiger partial charge in [0, 0.05) is 19.4 Å². The first-order valence-corrected chi connectivity index (χ1v) is 10.1. The van der Waals surface area contributed by atoms with E-state index in [-0.39, 0.29) is 24.0 Å². The first kappa shape index (κ1) is 31.0. The number of hydrogen-bond donors (Lipinski definition) is 3. The SMILES string of the molecule is C[N+](C)(CCCNS(=O)(=O)C(F)(F)C(F)(F)C(F)(F)C(F)(F)C(F)(F)F)CCC(O)CO. The van der Waals surface area contributed by atoms with Crippen molar-refractivity contribution in [2.45, 2.75) is 48.1 Å². The number of rotatable bonds is 13. The molecule has 1 unspecified atom stereocenters. The highest BCUT2D eigenvalue weighted by atomic mass is 32.2. The first-order chi connectivity index (χ1) is 13.9. The highest BCUT2D eigenvalue weighted by Gasteiger charge is 2.89. The van der Waals surface area contributed by atoms with Crippen LogP contribution in [0.5, 0.6) is 0 Å². The molecular formula is C14H22F11N2O4S+. The zero-order valence-electron chi connectivity index (χ0n) is 16.5. The van der Waals surface area contributed by atoms with Gasteiger partial charge in [0.05, 0.1) is 39.9 Å². The summed E-state index contributed by atoms with van der Waals surface area (Å²) in [4.78, 5) is 0. The van der Waals surface area contributed by atoms with Crippen molar-refractivity contribution in [1.29, 1.82) is 0 Å². The van der Waals surface area contributed by atoms with Crippen LogP contribution in [0.4, 0.5) is 48.3 Å². The second-order valence-corrected chi connectivity index (χ2v) is 9.31. The minimum absolute atomic E-state index is 0.0127. The molecule has 0 saturated heterocycles. The van der Waals surface area contributed by atoms with E-state index in [1.54, 1.807) is 0 Å². The number of hydrogen-bond acceptors (Lipinski definition) is 4. The molecule has 0 rings (SSSR count). The van der Waals surface area contributed by atoms with Crippen molar-refractivity contribution in [2.75, 3.05) is 40.3 Å². The highest BCUT2D eigenvalue weighted by molar-refractivity contribution is 7.90. The van der Waals surface area contributed by atoms with Gasteiger partial charge in [-0.05, 0) is 0 Å². The number of alkyl halides is 11. The quantitative estimate of drug-likeness (QED) is 0.196. The van der Waals surface area contributed by atoms with Crippen molar-refractivity contribution in [3.8, 4) is 0 Å². The van der Waals surface area contributed by atoms with Crippen LogP contribution in [0, 0.1) is 0 Å². The average molecular weight is 523 g/mol. The highest BCUT2D eigenvalue weighted by Crippen LogP contribution is 2.58. The van der Waals surface area contributed by atoms with Gasteiger partial charge in [0.15, 0.2) is 0 Å². The number of quaternary nitrogens is 1. The van der Waals surface area contributed by atoms with Gasteiger partial charge in [-0.1, -0.05) is 0 Å². The summed E-state index contributed by atoms with van der Waals surface area (Å²) in [6.45, 7) is -1.55. The first-order valence-electron chi connectivity index (χ1n) is 8.59. The van der Waals surface area contributed by atoms with Crippen molar-refractivity contribution in [2.24, 2.45) is 0 Å². The van der Waals surface area contributed by atoms with Crippen LogP contribution in [0.3, 0.4) is 0 Å². The molecule has 1 atom stereocenters. The third-order valence-corrected chi connectivity index (χ3v) is 5.87. The predicted octanol–water partition coefficient (Wildman–Crippen LogP) is 2.18. The van der Waals surface area contributed by atoms with Crippen LogP contribution in [-0.2, 0) is 10.0 Å². The Balaban J connectivity index is 5.41. The van der Waals surface area contributed by atoms with Gasteiger partial charge in [-0.2, -0.15) is 48.3 Å². The topological polar surface area (TPSA) is 86.6 Å². The number of halogens is 11. The van der Waals surface area contributed by atoms with E-state index in [1.165, 1.54) is 14.1 Å². The Morgan fingerprint density at radius 1 is 0.844 bits per heavy atom. The average Bonchev–Trinajstić information content (AvgIpc) is 2.61. The van der Waals surface area contributed by atoms with Crippen molar-refractivity contribution in [3.05, 3.63) is 0 Å². The Labute approximate surface area is 175 Å². The monoisotopic (exact) mass is 523 g/mol. The number of nitrogens with zero attached hydrogens (tertiary/aromatic N) is 1. The molecule has 0 bridgehead atoms. The molecule has 0 aliphatic heterocycles. The van der Waals surface area contributed by atoms with Crippen molar-refractivity contribution < 1.29 is 71.4 Å². The molecule has 0 heterocycles. The van der Waals surface area contributed by atoms with E-state index >= 15 is 0 Å². The van der Waals surface area contributed by atoms with Crippen molar-refractivity contribution >= 4 is 10.0 Å². The van der Waals surface area contributed by atoms with E-state index in [2.05, 4.69) is 0 Å². The fourth-order valence-electron chi connectivity index (χ4n) is 2.23. The van der Waals surface area contributed by atoms with Gasteiger partial charge in [0.25, 0.3) is 10.0 Å². The molecule has 0 aliphatic rings. The zero-order chi connectivity index (χ0) is 26.0. The second kappa shape index (κ2) is 9.71. The summed E-state index contributed by atoms with van der Waals surface area (Å²) in [5, 5.41) is 10.9. The Morgan fingerprint density at radius 2 is 1.31 bits per heavy atom. The maximum atomic E-state index is 13.7. The Bertz CT molecular complexity index is 727. The molecule has 194 valence electrons. The van der Waals surface area contributed by atoms with Crippen LogP contribution in [0.25, 0.3) is 0 Å². The molecule has 0 aliphatic carbocycles. The van der Waals surface area contributed by atoms with Gasteiger partial charge in [-0.15, -0.1) is 0 Å². The molecule has 0 spiro atoms. The molecule has 32 heavy (non-hydrogen) atoms. The van der Waals surface area contributed by atoms with E-state index in [0.29, 0.717) is 0 Å². The minimum atomic E-state index is -7.82. The molecule has 0 aromatic rings. The molecule has 3 N–H and O–H groups in total. The number of nitrogens with one attached hydrogen (secondary N) is 1. The fourth-order valence-corrected chi connectivity index (χ4v) is 3.29. The molecule has 0 aromatic carbocycles. The summed E-state index contributed by atoms with van der Waals surface area (Å²) in [7, 11) is -3.85. The summed E-state index contributed by atoms with van der Waals surface area (Å²) in [5.41, 5.74) is 0. The lowest BCUT2D eigenvalue weighted by Gasteiger charge is -2.36. The van der Waals surface area contributed by atoms with E-state index in [0.717, 1.165) is 4.72 Å². The maximum Gasteiger partial charge on any atom is 0.460 e. The molecular weight excluding hydrogens is 501 g/mol. The third kappa shape index (κ3) is 6.12. The predicted molar refractivity (Wildman–Crippen MR) is 86.9 cm³/mol. The van der Waals surface area contributed by atoms with Gasteiger partial charge >= 0.3 is 29.2 Å². The van der Waals surface area contributed by atoms with Crippen LogP contribution in [-0.4, -0.2) is 98.8 Å². The third-order valence-electron chi connectivity index (χ3n) is 4.36. The standard InChI is InChI=1S/C14H22F11N2O4S/c1-27(2,7-4-9(29)8-28)6-3-5-26-32(30,31)14(24,25)12(19,20)10(15,16)11(17,18)13(21,22)23/h9,26,28-29H,3-8H2,1-2H3/q+1. The van der Waals surface area contributed by atoms with Crippen molar-refractivity contribution in [3.63, 3.8) is 0 Å². The van der Waals surface area contributed by atoms with Crippen molar-refractivity contribution in [1.82, 2.24) is 4.72 Å². The largest absolute Gasteiger partial charge is 0.460 e. The summed E-state index contributed by atoms with van der Waals surface area (Å²) < 4.78 is 166. The van der Waals surface area contributed by atoms with Gasteiger partial charge in [-0.3, -0.25) is 0 Å². The summed E-state index contributed by atoms with van der Waals surface area (Å²) >= 11 is 0. The smallest absolute Gasteiger partial charge is 0.394 e. The van der Waals surface area contributed by atoms with E-state index in [9.17, 15) is 61.8 Å². The second-order valence-electron chi connectivity index (χ2n) is 7.50. The van der Waals surface area contributed by atoms with Gasteiger partial charge in [0.1, 0.15) is 0 Å². The van der Waals surface area contributed by atoms with Crippen LogP contribution >= 0.6 is 0 Å². The van der Waals surface area contributed by atoms with Crippen LogP contribution in [0.15, 0.2) is 0 Å². The van der Waals surface area contributed by atoms with Gasteiger partial charge in [-0.25, -0.2) is 13.1 Å². The molecule has 6 nitrogen and oxygen atoms in total. The Morgan fingerprint density at radius 3 is 1.72 bits per heavy atom. The zero-order valence-corrected chi connectivity index (χ0v) is 17.4. The minimum Gasteiger partial charge on any atom is -0.394 e. The molecule has 0 aromatic heterocycles. The molecule has 0 radical (unpaired) electrons. The fraction of sp³-hybridized carbons (Fsp3) is 1.00. The van der Waals surface area contributed by atoms with E-state index < -0.39 is 64.9 Å². The number of sulfonamides is 1. The van der Waals surface area contributed by atoms with Crippen LogP contribution in [0.2, 0.25) is 0 Å². The van der Waals surface area contributed by atoms with E-state index in [1.807, 2.05) is 0 Å². The summed E-state index contributed by atoms with van der Waals surface area (Å²) in [6, 6.07) is 0. The van der Waals surface area contributed by atoms with Crippen LogP contribution < -0.4 is 4.72 Å². The molecule has 0 amide bonds. The number of aliphatic hydroxyl groups excluding tert-OH is 2. The van der Waals surface area contributed by atoms with E-state index in [4.69, 9.17) is 5.11 Å². The Kier molecular flexibility index (Phi) is 9.41.